The maximum atomic E-state index is 14.6. The third kappa shape index (κ3) is 18.2. The monoisotopic (exact) mass is 1270 g/mol. The number of ether oxygens (including phenoxy) is 5. The summed E-state index contributed by atoms with van der Waals surface area (Å²) in [5.74, 6) is -1.31. The van der Waals surface area contributed by atoms with Crippen molar-refractivity contribution in [1.29, 1.82) is 0 Å². The fourth-order valence-electron chi connectivity index (χ4n) is 10.1. The van der Waals surface area contributed by atoms with Crippen molar-refractivity contribution >= 4 is 69.5 Å². The SMILES string of the molecule is Cc1ncsc1-c1ccc(CNC(=O)[C@@H]2C[C@@H](O)CN2C(=O)[C@@H](NC(=O)C(CC2=CN(CCOCCOCCOCCN)NN2)NC(=O)COCCOCCNC(=O)CC2N=C(c3ccc(Cl)cc3)c3c(sc(C)c3C)-n3c(C)nnc32)C(C)(C)C)cc1. The van der Waals surface area contributed by atoms with Crippen molar-refractivity contribution in [2.45, 2.75) is 105 Å². The summed E-state index contributed by atoms with van der Waals surface area (Å²) < 4.78 is 30.0. The topological polar surface area (TPSA) is 312 Å². The summed E-state index contributed by atoms with van der Waals surface area (Å²) in [5, 5.41) is 34.6. The number of hydrogen-bond acceptors (Lipinski definition) is 21. The van der Waals surface area contributed by atoms with Gasteiger partial charge >= 0.3 is 0 Å². The van der Waals surface area contributed by atoms with Gasteiger partial charge in [0, 0.05) is 71.9 Å². The van der Waals surface area contributed by atoms with Crippen molar-refractivity contribution in [3.05, 3.63) is 115 Å². The number of benzene rings is 2. The van der Waals surface area contributed by atoms with Crippen molar-refractivity contribution in [2.75, 3.05) is 92.2 Å². The Morgan fingerprint density at radius 3 is 2.22 bits per heavy atom. The molecule has 3 aliphatic heterocycles. The number of aromatic nitrogens is 4. The van der Waals surface area contributed by atoms with Gasteiger partial charge in [0.05, 0.1) is 100 Å². The Morgan fingerprint density at radius 1 is 0.841 bits per heavy atom. The van der Waals surface area contributed by atoms with Crippen LogP contribution in [-0.4, -0.2) is 186 Å². The smallest absolute Gasteiger partial charge is 0.246 e. The van der Waals surface area contributed by atoms with Crippen molar-refractivity contribution in [1.82, 2.24) is 61.9 Å². The third-order valence-electron chi connectivity index (χ3n) is 14.8. The number of amides is 5. The maximum Gasteiger partial charge on any atom is 0.246 e. The minimum atomic E-state index is -1.22. The first-order chi connectivity index (χ1) is 42.3. The van der Waals surface area contributed by atoms with Crippen molar-refractivity contribution in [3.8, 4) is 15.4 Å². The predicted octanol–water partition coefficient (Wildman–Crippen LogP) is 3.63. The number of hydrogen-bond donors (Lipinski definition) is 8. The molecule has 476 valence electrons. The fraction of sp³-hybridized carbons (Fsp3) is 0.517. The van der Waals surface area contributed by atoms with Crippen LogP contribution in [0.15, 0.2) is 70.9 Å². The number of thiazole rings is 1. The number of halogens is 1. The number of thiophene rings is 1. The van der Waals surface area contributed by atoms with E-state index in [4.69, 9.17) is 46.0 Å². The molecule has 8 rings (SSSR count). The second-order valence-corrected chi connectivity index (χ2v) is 25.0. The molecule has 3 aliphatic rings. The van der Waals surface area contributed by atoms with Crippen molar-refractivity contribution in [3.63, 3.8) is 0 Å². The zero-order valence-corrected chi connectivity index (χ0v) is 53.2. The molecule has 1 saturated heterocycles. The molecule has 88 heavy (non-hydrogen) atoms. The summed E-state index contributed by atoms with van der Waals surface area (Å²) in [4.78, 5) is 83.2. The van der Waals surface area contributed by atoms with Crippen molar-refractivity contribution in [2.24, 2.45) is 16.1 Å². The van der Waals surface area contributed by atoms with Gasteiger partial charge in [-0.1, -0.05) is 68.8 Å². The average molecular weight is 1270 g/mol. The summed E-state index contributed by atoms with van der Waals surface area (Å²) in [6.45, 7) is 16.7. The van der Waals surface area contributed by atoms with Crippen LogP contribution in [0.3, 0.4) is 0 Å². The molecule has 1 fully saturated rings. The lowest BCUT2D eigenvalue weighted by Crippen LogP contribution is -2.60. The van der Waals surface area contributed by atoms with Crippen LogP contribution in [0.5, 0.6) is 0 Å². The molecular formula is C60H81ClN14O11S2. The summed E-state index contributed by atoms with van der Waals surface area (Å²) in [5.41, 5.74) is 19.4. The third-order valence-corrected chi connectivity index (χ3v) is 17.3. The fourth-order valence-corrected chi connectivity index (χ4v) is 12.3. The van der Waals surface area contributed by atoms with E-state index in [9.17, 15) is 29.1 Å². The Labute approximate surface area is 525 Å². The highest BCUT2D eigenvalue weighted by atomic mass is 35.5. The van der Waals surface area contributed by atoms with Gasteiger partial charge in [-0.15, -0.1) is 38.4 Å². The number of aliphatic hydroxyl groups is 1. The van der Waals surface area contributed by atoms with Gasteiger partial charge in [-0.25, -0.2) is 4.98 Å². The average Bonchev–Trinajstić information content (AvgIpc) is 1.68. The van der Waals surface area contributed by atoms with E-state index in [0.717, 1.165) is 54.0 Å². The van der Waals surface area contributed by atoms with Gasteiger partial charge in [0.25, 0.3) is 0 Å². The van der Waals surface area contributed by atoms with E-state index in [2.05, 4.69) is 61.3 Å². The zero-order chi connectivity index (χ0) is 62.9. The van der Waals surface area contributed by atoms with E-state index in [1.54, 1.807) is 60.2 Å². The summed E-state index contributed by atoms with van der Waals surface area (Å²) in [7, 11) is 0. The van der Waals surface area contributed by atoms with E-state index < -0.39 is 65.9 Å². The number of aliphatic hydroxyl groups excluding tert-OH is 1. The summed E-state index contributed by atoms with van der Waals surface area (Å²) in [6.07, 6.45) is 0.735. The molecule has 2 unspecified atom stereocenters. The molecule has 6 heterocycles. The van der Waals surface area contributed by atoms with Gasteiger partial charge in [0.1, 0.15) is 41.6 Å². The zero-order valence-electron chi connectivity index (χ0n) is 50.8. The molecule has 5 amide bonds. The lowest BCUT2D eigenvalue weighted by atomic mass is 9.85. The predicted molar refractivity (Wildman–Crippen MR) is 333 cm³/mol. The lowest BCUT2D eigenvalue weighted by molar-refractivity contribution is -0.144. The second kappa shape index (κ2) is 32.1. The number of likely N-dealkylation sites (tertiary alicyclic amines) is 1. The second-order valence-electron chi connectivity index (χ2n) is 22.5. The molecule has 0 radical (unpaired) electrons. The van der Waals surface area contributed by atoms with Gasteiger partial charge in [-0.2, -0.15) is 0 Å². The molecule has 25 nitrogen and oxygen atoms in total. The van der Waals surface area contributed by atoms with Gasteiger partial charge in [-0.05, 0) is 61.9 Å². The van der Waals surface area contributed by atoms with Crippen LogP contribution in [-0.2, 0) is 54.2 Å². The highest BCUT2D eigenvalue weighted by Crippen LogP contribution is 2.40. The Hall–Kier alpha value is -6.76. The van der Waals surface area contributed by atoms with Crippen LogP contribution < -0.4 is 38.0 Å². The molecule has 2 aromatic carbocycles. The standard InChI is InChI=1S/C60H81ClN14O11S2/c1-36-38(3)88-59-51(36)52(41-12-14-43(61)15-13-41)67-46(55-71-69-39(4)75(55)59)30-49(77)63-17-20-83-26-27-86-34-50(78)66-47(28-44-32-73(72-70-44)18-21-84-23-25-85-24-22-82-19-16-62)56(79)68-54(60(5,6)7)58(81)74-33-45(76)29-48(74)57(80)64-31-40-8-10-42(11-9-40)53-37(2)65-35-87-53/h8-15,32,35,45-48,54,70,72,76H,16-31,33-34,62H2,1-7H3,(H,63,77)(H,64,80)(H,66,78)(H,68,79)/t45-,46?,47?,48+,54-/m1/s1. The van der Waals surface area contributed by atoms with Crippen LogP contribution in [0.4, 0.5) is 0 Å². The number of fused-ring (bicyclic) bond motifs is 3. The Kier molecular flexibility index (Phi) is 24.5. The van der Waals surface area contributed by atoms with Gasteiger partial charge < -0.3 is 66.1 Å². The number of hydrazine groups is 2. The molecular weight excluding hydrogens is 1190 g/mol. The number of nitrogens with one attached hydrogen (secondary N) is 6. The molecule has 5 aromatic rings. The molecule has 9 N–H and O–H groups in total. The molecule has 28 heteroatoms. The molecule has 0 saturated carbocycles. The van der Waals surface area contributed by atoms with Crippen LogP contribution >= 0.6 is 34.3 Å². The van der Waals surface area contributed by atoms with E-state index in [1.807, 2.05) is 66.9 Å². The Balaban J connectivity index is 0.838. The van der Waals surface area contributed by atoms with Crippen LogP contribution in [0.1, 0.15) is 90.5 Å². The summed E-state index contributed by atoms with van der Waals surface area (Å²) >= 11 is 9.45. The normalized spacial score (nSPS) is 17.1. The molecule has 0 spiro atoms. The minimum absolute atomic E-state index is 0.00184. The lowest BCUT2D eigenvalue weighted by Gasteiger charge is -2.36. The van der Waals surface area contributed by atoms with Crippen molar-refractivity contribution < 1.29 is 52.8 Å². The number of rotatable bonds is 32. The van der Waals surface area contributed by atoms with Crippen LogP contribution in [0.2, 0.25) is 5.02 Å². The number of nitrogens with zero attached hydrogens (tertiary/aromatic N) is 7. The van der Waals surface area contributed by atoms with Crippen LogP contribution in [0.25, 0.3) is 15.4 Å². The first-order valence-corrected chi connectivity index (χ1v) is 31.4. The first kappa shape index (κ1) is 67.2. The Bertz CT molecular complexity index is 3240. The minimum Gasteiger partial charge on any atom is -0.391 e. The highest BCUT2D eigenvalue weighted by Gasteiger charge is 2.45. The maximum absolute atomic E-state index is 14.6. The van der Waals surface area contributed by atoms with Crippen LogP contribution in [0, 0.1) is 33.1 Å². The number of carbonyl (C=O) groups excluding carboxylic acids is 5. The van der Waals surface area contributed by atoms with Gasteiger partial charge in [0.15, 0.2) is 5.82 Å². The van der Waals surface area contributed by atoms with Gasteiger partial charge in [0.2, 0.25) is 29.5 Å². The number of nitrogens with two attached hydrogens (primary N) is 1. The highest BCUT2D eigenvalue weighted by molar-refractivity contribution is 7.15. The Morgan fingerprint density at radius 2 is 1.52 bits per heavy atom. The van der Waals surface area contributed by atoms with E-state index in [1.165, 1.54) is 4.90 Å². The quantitative estimate of drug-likeness (QED) is 0.0285. The molecule has 0 bridgehead atoms. The molecule has 3 aromatic heterocycles. The molecule has 5 atom stereocenters. The van der Waals surface area contributed by atoms with E-state index in [-0.39, 0.29) is 64.6 Å². The summed E-state index contributed by atoms with van der Waals surface area (Å²) in [6, 6.07) is 11.2. The van der Waals surface area contributed by atoms with Gasteiger partial charge in [-0.3, -0.25) is 38.5 Å². The molecule has 0 aliphatic carbocycles. The van der Waals surface area contributed by atoms with E-state index >= 15 is 0 Å². The van der Waals surface area contributed by atoms with E-state index in [0.29, 0.717) is 75.1 Å². The first-order valence-electron chi connectivity index (χ1n) is 29.4. The largest absolute Gasteiger partial charge is 0.391 e. The number of carbonyl (C=O) groups is 5. The number of aryl methyl sites for hydroxylation is 3. The number of β-amino-alcohol motifs (C(OH)–C–C–N with tert-alkyl or cyclic N) is 1. The number of aliphatic imine (C=N–C) groups is 1.